The number of rotatable bonds is 5. The monoisotopic (exact) mass is 299 g/mol. The Morgan fingerprint density at radius 1 is 1.36 bits per heavy atom. The Labute approximate surface area is 132 Å². The van der Waals surface area contributed by atoms with E-state index in [2.05, 4.69) is 23.7 Å². The molecule has 0 unspecified atom stereocenters. The van der Waals surface area contributed by atoms with Crippen molar-refractivity contribution < 1.29 is 4.79 Å². The molecule has 1 saturated heterocycles. The molecule has 0 atom stereocenters. The van der Waals surface area contributed by atoms with Gasteiger partial charge in [0, 0.05) is 42.3 Å². The molecule has 1 aromatic carbocycles. The van der Waals surface area contributed by atoms with Crippen molar-refractivity contribution in [1.82, 2.24) is 14.8 Å². The lowest BCUT2D eigenvalue weighted by Crippen LogP contribution is -2.43. The molecule has 2 heterocycles. The van der Waals surface area contributed by atoms with E-state index in [1.54, 1.807) is 0 Å². The molecule has 1 aromatic heterocycles. The number of likely N-dealkylation sites (N-methyl/N-ethyl adjacent to an activating group) is 1. The molecule has 1 fully saturated rings. The first kappa shape index (κ1) is 15.1. The highest BCUT2D eigenvalue weighted by Crippen LogP contribution is 2.23. The SMILES string of the molecule is CCc1[nH]c2ccc(C(=O)N(C)CCN3CCC3)cc2c1C. The zero-order valence-electron chi connectivity index (χ0n) is 13.8. The van der Waals surface area contributed by atoms with Crippen molar-refractivity contribution in [3.05, 3.63) is 35.0 Å². The number of hydrogen-bond donors (Lipinski definition) is 1. The summed E-state index contributed by atoms with van der Waals surface area (Å²) >= 11 is 0. The smallest absolute Gasteiger partial charge is 0.253 e. The van der Waals surface area contributed by atoms with E-state index in [9.17, 15) is 4.79 Å². The number of aryl methyl sites for hydroxylation is 2. The average Bonchev–Trinajstić information content (AvgIpc) is 2.80. The van der Waals surface area contributed by atoms with Gasteiger partial charge in [0.15, 0.2) is 0 Å². The first-order valence-electron chi connectivity index (χ1n) is 8.19. The molecule has 0 bridgehead atoms. The van der Waals surface area contributed by atoms with Crippen molar-refractivity contribution in [3.8, 4) is 0 Å². The van der Waals surface area contributed by atoms with Gasteiger partial charge in [0.25, 0.3) is 5.91 Å². The molecule has 0 radical (unpaired) electrons. The fourth-order valence-electron chi connectivity index (χ4n) is 3.09. The first-order valence-corrected chi connectivity index (χ1v) is 8.19. The van der Waals surface area contributed by atoms with E-state index in [1.807, 2.05) is 30.1 Å². The first-order chi connectivity index (χ1) is 10.6. The maximum atomic E-state index is 12.6. The number of likely N-dealkylation sites (tertiary alicyclic amines) is 1. The normalized spacial score (nSPS) is 15.0. The van der Waals surface area contributed by atoms with Crippen LogP contribution >= 0.6 is 0 Å². The molecule has 0 spiro atoms. The predicted octanol–water partition coefficient (Wildman–Crippen LogP) is 2.82. The zero-order valence-corrected chi connectivity index (χ0v) is 13.8. The Morgan fingerprint density at radius 2 is 2.14 bits per heavy atom. The van der Waals surface area contributed by atoms with Crippen molar-refractivity contribution in [2.45, 2.75) is 26.7 Å². The van der Waals surface area contributed by atoms with Crippen LogP contribution in [0.5, 0.6) is 0 Å². The lowest BCUT2D eigenvalue weighted by Gasteiger charge is -2.32. The Bertz CT molecular complexity index is 685. The molecule has 0 aliphatic carbocycles. The van der Waals surface area contributed by atoms with E-state index in [-0.39, 0.29) is 5.91 Å². The summed E-state index contributed by atoms with van der Waals surface area (Å²) in [5, 5.41) is 1.17. The van der Waals surface area contributed by atoms with Crippen LogP contribution < -0.4 is 0 Å². The minimum absolute atomic E-state index is 0.112. The third kappa shape index (κ3) is 2.75. The highest BCUT2D eigenvalue weighted by molar-refractivity contribution is 5.99. The van der Waals surface area contributed by atoms with Crippen LogP contribution in [0.3, 0.4) is 0 Å². The summed E-state index contributed by atoms with van der Waals surface area (Å²) in [4.78, 5) is 20.2. The second-order valence-electron chi connectivity index (χ2n) is 6.26. The fraction of sp³-hybridized carbons (Fsp3) is 0.500. The van der Waals surface area contributed by atoms with Gasteiger partial charge in [-0.15, -0.1) is 0 Å². The molecule has 118 valence electrons. The molecule has 4 heteroatoms. The third-order valence-corrected chi connectivity index (χ3v) is 4.81. The van der Waals surface area contributed by atoms with E-state index in [0.717, 1.165) is 30.6 Å². The van der Waals surface area contributed by atoms with E-state index in [4.69, 9.17) is 0 Å². The number of aromatic amines is 1. The molecular weight excluding hydrogens is 274 g/mol. The largest absolute Gasteiger partial charge is 0.358 e. The van der Waals surface area contributed by atoms with Crippen LogP contribution in [0.15, 0.2) is 18.2 Å². The number of H-pyrrole nitrogens is 1. The molecule has 1 amide bonds. The van der Waals surface area contributed by atoms with Crippen LogP contribution in [0.25, 0.3) is 10.9 Å². The quantitative estimate of drug-likeness (QED) is 0.922. The topological polar surface area (TPSA) is 39.3 Å². The second-order valence-corrected chi connectivity index (χ2v) is 6.26. The predicted molar refractivity (Wildman–Crippen MR) is 90.4 cm³/mol. The van der Waals surface area contributed by atoms with Gasteiger partial charge >= 0.3 is 0 Å². The number of carbonyl (C=O) groups excluding carboxylic acids is 1. The van der Waals surface area contributed by atoms with Gasteiger partial charge in [-0.3, -0.25) is 4.79 Å². The summed E-state index contributed by atoms with van der Waals surface area (Å²) in [6.45, 7) is 8.40. The molecule has 3 rings (SSSR count). The van der Waals surface area contributed by atoms with E-state index < -0.39 is 0 Å². The number of amides is 1. The number of hydrogen-bond acceptors (Lipinski definition) is 2. The number of nitrogens with one attached hydrogen (secondary N) is 1. The molecule has 4 nitrogen and oxygen atoms in total. The lowest BCUT2D eigenvalue weighted by atomic mass is 10.1. The van der Waals surface area contributed by atoms with Gasteiger partial charge in [-0.1, -0.05) is 6.92 Å². The lowest BCUT2D eigenvalue weighted by molar-refractivity contribution is 0.0758. The van der Waals surface area contributed by atoms with Crippen molar-refractivity contribution in [3.63, 3.8) is 0 Å². The Hall–Kier alpha value is -1.81. The van der Waals surface area contributed by atoms with Crippen molar-refractivity contribution in [1.29, 1.82) is 0 Å². The van der Waals surface area contributed by atoms with Crippen LogP contribution in [0, 0.1) is 6.92 Å². The van der Waals surface area contributed by atoms with Gasteiger partial charge in [0.2, 0.25) is 0 Å². The van der Waals surface area contributed by atoms with Crippen LogP contribution in [-0.4, -0.2) is 53.9 Å². The molecule has 0 saturated carbocycles. The van der Waals surface area contributed by atoms with Gasteiger partial charge < -0.3 is 14.8 Å². The number of benzene rings is 1. The van der Waals surface area contributed by atoms with Crippen molar-refractivity contribution >= 4 is 16.8 Å². The molecule has 1 aliphatic rings. The van der Waals surface area contributed by atoms with Gasteiger partial charge in [0.1, 0.15) is 0 Å². The molecule has 1 N–H and O–H groups in total. The summed E-state index contributed by atoms with van der Waals surface area (Å²) in [7, 11) is 1.90. The van der Waals surface area contributed by atoms with Gasteiger partial charge in [-0.05, 0) is 56.6 Å². The minimum atomic E-state index is 0.112. The summed E-state index contributed by atoms with van der Waals surface area (Å²) < 4.78 is 0. The number of carbonyl (C=O) groups is 1. The Morgan fingerprint density at radius 3 is 2.77 bits per heavy atom. The number of fused-ring (bicyclic) bond motifs is 1. The molecule has 2 aromatic rings. The Kier molecular flexibility index (Phi) is 4.21. The van der Waals surface area contributed by atoms with E-state index in [0.29, 0.717) is 0 Å². The highest BCUT2D eigenvalue weighted by atomic mass is 16.2. The second kappa shape index (κ2) is 6.13. The maximum Gasteiger partial charge on any atom is 0.253 e. The fourth-order valence-corrected chi connectivity index (χ4v) is 3.09. The Balaban J connectivity index is 1.76. The van der Waals surface area contributed by atoms with Crippen LogP contribution in [0.1, 0.15) is 35.0 Å². The summed E-state index contributed by atoms with van der Waals surface area (Å²) in [6.07, 6.45) is 2.28. The van der Waals surface area contributed by atoms with Crippen molar-refractivity contribution in [2.24, 2.45) is 0 Å². The standard InChI is InChI=1S/C18H25N3O/c1-4-16-13(2)15-12-14(6-7-17(15)19-16)18(22)20(3)10-11-21-8-5-9-21/h6-7,12,19H,4-5,8-11H2,1-3H3. The molecular formula is C18H25N3O. The maximum absolute atomic E-state index is 12.6. The number of nitrogens with zero attached hydrogens (tertiary/aromatic N) is 2. The van der Waals surface area contributed by atoms with Crippen molar-refractivity contribution in [2.75, 3.05) is 33.2 Å². The van der Waals surface area contributed by atoms with Gasteiger partial charge in [-0.25, -0.2) is 0 Å². The van der Waals surface area contributed by atoms with E-state index >= 15 is 0 Å². The van der Waals surface area contributed by atoms with Crippen LogP contribution in [0.4, 0.5) is 0 Å². The zero-order chi connectivity index (χ0) is 15.7. The van der Waals surface area contributed by atoms with Gasteiger partial charge in [-0.2, -0.15) is 0 Å². The molecule has 22 heavy (non-hydrogen) atoms. The average molecular weight is 299 g/mol. The third-order valence-electron chi connectivity index (χ3n) is 4.81. The summed E-state index contributed by atoms with van der Waals surface area (Å²) in [5.74, 6) is 0.112. The minimum Gasteiger partial charge on any atom is -0.358 e. The van der Waals surface area contributed by atoms with Crippen LogP contribution in [-0.2, 0) is 6.42 Å². The highest BCUT2D eigenvalue weighted by Gasteiger charge is 2.17. The van der Waals surface area contributed by atoms with Crippen LogP contribution in [0.2, 0.25) is 0 Å². The summed E-state index contributed by atoms with van der Waals surface area (Å²) in [5.41, 5.74) is 4.42. The number of aromatic nitrogens is 1. The van der Waals surface area contributed by atoms with Gasteiger partial charge in [0.05, 0.1) is 0 Å². The summed E-state index contributed by atoms with van der Waals surface area (Å²) in [6, 6.07) is 5.99. The van der Waals surface area contributed by atoms with E-state index in [1.165, 1.54) is 36.2 Å². The molecule has 1 aliphatic heterocycles.